The van der Waals surface area contributed by atoms with Gasteiger partial charge in [0.15, 0.2) is 18.1 Å². The third-order valence-corrected chi connectivity index (χ3v) is 3.43. The van der Waals surface area contributed by atoms with E-state index >= 15 is 0 Å². The summed E-state index contributed by atoms with van der Waals surface area (Å²) < 4.78 is 10.9. The van der Waals surface area contributed by atoms with E-state index in [1.165, 1.54) is 0 Å². The van der Waals surface area contributed by atoms with E-state index in [4.69, 9.17) is 20.8 Å². The molecule has 6 heteroatoms. The van der Waals surface area contributed by atoms with Crippen LogP contribution in [0.1, 0.15) is 5.89 Å². The quantitative estimate of drug-likeness (QED) is 0.753. The summed E-state index contributed by atoms with van der Waals surface area (Å²) in [5.74, 6) is 1.00. The lowest BCUT2D eigenvalue weighted by Gasteiger charge is -2.06. The number of fused-ring (bicyclic) bond motifs is 1. The Bertz CT molecular complexity index is 766. The zero-order valence-corrected chi connectivity index (χ0v) is 13.0. The number of hydrogen-bond donors (Lipinski definition) is 1. The Labute approximate surface area is 138 Å². The smallest absolute Gasteiger partial charge is 0.257 e. The van der Waals surface area contributed by atoms with Gasteiger partial charge in [-0.1, -0.05) is 23.7 Å². The minimum atomic E-state index is -0.198. The summed E-state index contributed by atoms with van der Waals surface area (Å²) in [5.41, 5.74) is 1.57. The maximum absolute atomic E-state index is 11.7. The van der Waals surface area contributed by atoms with Crippen molar-refractivity contribution in [3.05, 3.63) is 59.4 Å². The van der Waals surface area contributed by atoms with Crippen molar-refractivity contribution in [3.63, 3.8) is 0 Å². The number of amides is 1. The van der Waals surface area contributed by atoms with Crippen LogP contribution in [0.5, 0.6) is 5.75 Å². The number of aromatic nitrogens is 1. The predicted octanol–water partition coefficient (Wildman–Crippen LogP) is 3.22. The summed E-state index contributed by atoms with van der Waals surface area (Å²) >= 11 is 5.78. The lowest BCUT2D eigenvalue weighted by atomic mass is 10.3. The fraction of sp³-hybridized carbons (Fsp3) is 0.176. The van der Waals surface area contributed by atoms with Gasteiger partial charge in [0.1, 0.15) is 11.3 Å². The molecule has 0 atom stereocenters. The third-order valence-electron chi connectivity index (χ3n) is 3.18. The highest BCUT2D eigenvalue weighted by atomic mass is 35.5. The average Bonchev–Trinajstić information content (AvgIpc) is 2.97. The number of halogens is 1. The van der Waals surface area contributed by atoms with Gasteiger partial charge in [0.25, 0.3) is 5.91 Å². The number of hydrogen-bond acceptors (Lipinski definition) is 4. The van der Waals surface area contributed by atoms with Gasteiger partial charge >= 0.3 is 0 Å². The summed E-state index contributed by atoms with van der Waals surface area (Å²) in [7, 11) is 0. The van der Waals surface area contributed by atoms with Gasteiger partial charge in [0.2, 0.25) is 0 Å². The molecule has 1 aromatic heterocycles. The maximum atomic E-state index is 11.7. The molecule has 23 heavy (non-hydrogen) atoms. The van der Waals surface area contributed by atoms with Crippen LogP contribution in [0.3, 0.4) is 0 Å². The molecule has 3 rings (SSSR count). The lowest BCUT2D eigenvalue weighted by molar-refractivity contribution is -0.123. The second-order valence-electron chi connectivity index (χ2n) is 4.92. The van der Waals surface area contributed by atoms with Gasteiger partial charge in [-0.15, -0.1) is 0 Å². The molecule has 5 nitrogen and oxygen atoms in total. The molecular formula is C17H15ClN2O3. The first-order valence-corrected chi connectivity index (χ1v) is 7.58. The fourth-order valence-corrected chi connectivity index (χ4v) is 2.19. The van der Waals surface area contributed by atoms with Crippen molar-refractivity contribution in [3.8, 4) is 5.75 Å². The molecule has 1 heterocycles. The van der Waals surface area contributed by atoms with E-state index in [1.54, 1.807) is 24.3 Å². The number of para-hydroxylation sites is 2. The Balaban J connectivity index is 1.43. The molecular weight excluding hydrogens is 316 g/mol. The Morgan fingerprint density at radius 2 is 1.96 bits per heavy atom. The highest BCUT2D eigenvalue weighted by Gasteiger charge is 2.06. The van der Waals surface area contributed by atoms with E-state index < -0.39 is 0 Å². The molecule has 0 saturated heterocycles. The second kappa shape index (κ2) is 7.15. The number of benzene rings is 2. The summed E-state index contributed by atoms with van der Waals surface area (Å²) in [5, 5.41) is 3.39. The van der Waals surface area contributed by atoms with Crippen LogP contribution in [0, 0.1) is 0 Å². The van der Waals surface area contributed by atoms with Gasteiger partial charge in [-0.05, 0) is 36.4 Å². The molecule has 0 spiro atoms. The van der Waals surface area contributed by atoms with Crippen LogP contribution in [0.15, 0.2) is 52.9 Å². The first kappa shape index (κ1) is 15.4. The number of rotatable bonds is 6. The van der Waals surface area contributed by atoms with E-state index in [2.05, 4.69) is 10.3 Å². The van der Waals surface area contributed by atoms with Crippen LogP contribution in [-0.4, -0.2) is 24.0 Å². The van der Waals surface area contributed by atoms with E-state index in [-0.39, 0.29) is 12.5 Å². The molecule has 0 bridgehead atoms. The van der Waals surface area contributed by atoms with E-state index in [0.29, 0.717) is 29.6 Å². The molecule has 1 amide bonds. The molecule has 0 unspecified atom stereocenters. The number of nitrogens with one attached hydrogen (secondary N) is 1. The van der Waals surface area contributed by atoms with Crippen molar-refractivity contribution >= 4 is 28.6 Å². The lowest BCUT2D eigenvalue weighted by Crippen LogP contribution is -2.30. The van der Waals surface area contributed by atoms with Gasteiger partial charge in [-0.2, -0.15) is 0 Å². The summed E-state index contributed by atoms with van der Waals surface area (Å²) in [6.07, 6.45) is 0.529. The van der Waals surface area contributed by atoms with Crippen LogP contribution in [-0.2, 0) is 11.2 Å². The normalized spacial score (nSPS) is 10.7. The van der Waals surface area contributed by atoms with Gasteiger partial charge in [0, 0.05) is 18.0 Å². The first-order chi connectivity index (χ1) is 11.2. The van der Waals surface area contributed by atoms with Crippen molar-refractivity contribution in [2.75, 3.05) is 13.2 Å². The van der Waals surface area contributed by atoms with Crippen molar-refractivity contribution in [1.29, 1.82) is 0 Å². The van der Waals surface area contributed by atoms with Crippen LogP contribution < -0.4 is 10.1 Å². The molecule has 0 fully saturated rings. The van der Waals surface area contributed by atoms with Gasteiger partial charge < -0.3 is 14.5 Å². The average molecular weight is 331 g/mol. The van der Waals surface area contributed by atoms with E-state index in [0.717, 1.165) is 11.1 Å². The Morgan fingerprint density at radius 1 is 1.17 bits per heavy atom. The number of ether oxygens (including phenoxy) is 1. The Kier molecular flexibility index (Phi) is 4.78. The largest absolute Gasteiger partial charge is 0.484 e. The zero-order valence-electron chi connectivity index (χ0n) is 12.3. The summed E-state index contributed by atoms with van der Waals surface area (Å²) in [4.78, 5) is 16.1. The third kappa shape index (κ3) is 4.23. The molecule has 118 valence electrons. The molecule has 0 aliphatic carbocycles. The summed E-state index contributed by atoms with van der Waals surface area (Å²) in [6.45, 7) is 0.394. The predicted molar refractivity (Wildman–Crippen MR) is 87.7 cm³/mol. The standard InChI is InChI=1S/C17H15ClN2O3/c18-12-5-7-13(8-6-12)22-11-16(21)19-10-9-17-20-14-3-1-2-4-15(14)23-17/h1-8H,9-11H2,(H,19,21). The summed E-state index contributed by atoms with van der Waals surface area (Å²) in [6, 6.07) is 14.4. The number of nitrogens with zero attached hydrogens (tertiary/aromatic N) is 1. The number of carbonyl (C=O) groups is 1. The molecule has 0 radical (unpaired) electrons. The molecule has 0 aliphatic rings. The number of oxazole rings is 1. The van der Waals surface area contributed by atoms with Crippen LogP contribution in [0.25, 0.3) is 11.1 Å². The van der Waals surface area contributed by atoms with Crippen LogP contribution in [0.2, 0.25) is 5.02 Å². The number of carbonyl (C=O) groups excluding carboxylic acids is 1. The van der Waals surface area contributed by atoms with Crippen molar-refractivity contribution in [1.82, 2.24) is 10.3 Å². The fourth-order valence-electron chi connectivity index (χ4n) is 2.07. The van der Waals surface area contributed by atoms with Crippen molar-refractivity contribution in [2.45, 2.75) is 6.42 Å². The van der Waals surface area contributed by atoms with Crippen LogP contribution >= 0.6 is 11.6 Å². The molecule has 3 aromatic rings. The van der Waals surface area contributed by atoms with Crippen molar-refractivity contribution in [2.24, 2.45) is 0 Å². The van der Waals surface area contributed by atoms with E-state index in [1.807, 2.05) is 24.3 Å². The zero-order chi connectivity index (χ0) is 16.1. The minimum absolute atomic E-state index is 0.0464. The van der Waals surface area contributed by atoms with Gasteiger partial charge in [-0.3, -0.25) is 4.79 Å². The minimum Gasteiger partial charge on any atom is -0.484 e. The highest BCUT2D eigenvalue weighted by Crippen LogP contribution is 2.15. The SMILES string of the molecule is O=C(COc1ccc(Cl)cc1)NCCc1nc2ccccc2o1. The molecule has 2 aromatic carbocycles. The highest BCUT2D eigenvalue weighted by molar-refractivity contribution is 6.30. The monoisotopic (exact) mass is 330 g/mol. The maximum Gasteiger partial charge on any atom is 0.257 e. The van der Waals surface area contributed by atoms with Crippen LogP contribution in [0.4, 0.5) is 0 Å². The van der Waals surface area contributed by atoms with E-state index in [9.17, 15) is 4.79 Å². The molecule has 1 N–H and O–H groups in total. The Morgan fingerprint density at radius 3 is 2.74 bits per heavy atom. The Hall–Kier alpha value is -2.53. The van der Waals surface area contributed by atoms with Crippen molar-refractivity contribution < 1.29 is 13.9 Å². The molecule has 0 saturated carbocycles. The van der Waals surface area contributed by atoms with Gasteiger partial charge in [-0.25, -0.2) is 4.98 Å². The molecule has 0 aliphatic heterocycles. The first-order valence-electron chi connectivity index (χ1n) is 7.20. The second-order valence-corrected chi connectivity index (χ2v) is 5.35. The van der Waals surface area contributed by atoms with Gasteiger partial charge in [0.05, 0.1) is 0 Å². The topological polar surface area (TPSA) is 64.4 Å².